The van der Waals surface area contributed by atoms with Gasteiger partial charge in [-0.3, -0.25) is 4.79 Å². The predicted octanol–water partition coefficient (Wildman–Crippen LogP) is 3.25. The number of aromatic nitrogens is 1. The molecular weight excluding hydrogens is 326 g/mol. The summed E-state index contributed by atoms with van der Waals surface area (Å²) in [7, 11) is 0. The fourth-order valence-corrected chi connectivity index (χ4v) is 4.57. The van der Waals surface area contributed by atoms with Gasteiger partial charge in [0.2, 0.25) is 5.91 Å². The number of thiophene rings is 1. The number of rotatable bonds is 6. The van der Waals surface area contributed by atoms with Gasteiger partial charge in [0, 0.05) is 16.3 Å². The number of hydrogen-bond donors (Lipinski definition) is 1. The average molecular weight is 350 g/mol. The fraction of sp³-hybridized carbons (Fsp3) is 0.529. The Bertz CT molecular complexity index is 632. The fourth-order valence-electron chi connectivity index (χ4n) is 3.00. The van der Waals surface area contributed by atoms with E-state index in [9.17, 15) is 4.79 Å². The lowest BCUT2D eigenvalue weighted by Crippen LogP contribution is -2.37. The zero-order chi connectivity index (χ0) is 16.2. The molecule has 0 aliphatic carbocycles. The first-order valence-electron chi connectivity index (χ1n) is 8.07. The highest BCUT2D eigenvalue weighted by molar-refractivity contribution is 7.10. The molecule has 0 bridgehead atoms. The van der Waals surface area contributed by atoms with Crippen molar-refractivity contribution in [3.05, 3.63) is 38.5 Å². The number of nitrogens with zero attached hydrogens (tertiary/aromatic N) is 2. The van der Waals surface area contributed by atoms with Crippen LogP contribution in [-0.2, 0) is 11.3 Å². The molecule has 1 N–H and O–H groups in total. The summed E-state index contributed by atoms with van der Waals surface area (Å²) >= 11 is 3.31. The van der Waals surface area contributed by atoms with Gasteiger partial charge in [-0.25, -0.2) is 4.98 Å². The summed E-state index contributed by atoms with van der Waals surface area (Å²) in [5.74, 6) is 0.715. The molecule has 3 heterocycles. The van der Waals surface area contributed by atoms with Crippen LogP contribution >= 0.6 is 22.7 Å². The molecule has 3 rings (SSSR count). The first kappa shape index (κ1) is 16.6. The number of carbonyl (C=O) groups is 1. The van der Waals surface area contributed by atoms with Crippen molar-refractivity contribution in [2.45, 2.75) is 32.7 Å². The van der Waals surface area contributed by atoms with Gasteiger partial charge in [-0.15, -0.1) is 22.7 Å². The molecule has 0 unspecified atom stereocenters. The maximum absolute atomic E-state index is 13.1. The summed E-state index contributed by atoms with van der Waals surface area (Å²) in [6.07, 6.45) is 1.15. The summed E-state index contributed by atoms with van der Waals surface area (Å²) in [6, 6.07) is 4.07. The van der Waals surface area contributed by atoms with Crippen LogP contribution < -0.4 is 5.32 Å². The molecule has 1 fully saturated rings. The third-order valence-corrected chi connectivity index (χ3v) is 6.45. The van der Waals surface area contributed by atoms with Crippen molar-refractivity contribution >= 4 is 28.6 Å². The minimum atomic E-state index is -0.0717. The minimum absolute atomic E-state index is 0.0717. The lowest BCUT2D eigenvalue weighted by atomic mass is 10.0. The molecule has 2 aromatic heterocycles. The molecule has 4 nitrogen and oxygen atoms in total. The smallest absolute Gasteiger partial charge is 0.231 e. The van der Waals surface area contributed by atoms with Crippen LogP contribution in [0.1, 0.15) is 34.7 Å². The Morgan fingerprint density at radius 1 is 1.52 bits per heavy atom. The molecule has 0 radical (unpaired) electrons. The predicted molar refractivity (Wildman–Crippen MR) is 96.0 cm³/mol. The van der Waals surface area contributed by atoms with Crippen molar-refractivity contribution in [1.82, 2.24) is 15.2 Å². The Kier molecular flexibility index (Phi) is 5.46. The topological polar surface area (TPSA) is 45.2 Å². The molecular formula is C17H23N3OS2. The van der Waals surface area contributed by atoms with Gasteiger partial charge >= 0.3 is 0 Å². The normalized spacial score (nSPS) is 19.0. The molecule has 23 heavy (non-hydrogen) atoms. The van der Waals surface area contributed by atoms with Crippen molar-refractivity contribution in [2.24, 2.45) is 5.92 Å². The summed E-state index contributed by atoms with van der Waals surface area (Å²) in [5, 5.41) is 5.44. The Balaban J connectivity index is 1.75. The molecule has 2 aromatic rings. The SMILES string of the molecule is Cc1ncsc1CN(C[C@@H]1CCNC1)C(=O)[C@@H](C)c1cccs1. The second-order valence-electron chi connectivity index (χ2n) is 6.18. The van der Waals surface area contributed by atoms with Crippen LogP contribution in [0.3, 0.4) is 0 Å². The van der Waals surface area contributed by atoms with Crippen LogP contribution in [0, 0.1) is 12.8 Å². The highest BCUT2D eigenvalue weighted by Gasteiger charge is 2.27. The molecule has 0 saturated carbocycles. The summed E-state index contributed by atoms with van der Waals surface area (Å²) < 4.78 is 0. The van der Waals surface area contributed by atoms with Gasteiger partial charge in [-0.05, 0) is 50.7 Å². The molecule has 2 atom stereocenters. The van der Waals surface area contributed by atoms with Crippen molar-refractivity contribution in [1.29, 1.82) is 0 Å². The van der Waals surface area contributed by atoms with E-state index in [-0.39, 0.29) is 11.8 Å². The molecule has 1 aliphatic heterocycles. The number of hydrogen-bond acceptors (Lipinski definition) is 5. The monoisotopic (exact) mass is 349 g/mol. The standard InChI is InChI=1S/C17H23N3OS2/c1-12(15-4-3-7-22-15)17(21)20(9-14-5-6-18-8-14)10-16-13(2)19-11-23-16/h3-4,7,11-12,14,18H,5-6,8-10H2,1-2H3/t12-,14+/m0/s1. The van der Waals surface area contributed by atoms with Crippen molar-refractivity contribution in [3.8, 4) is 0 Å². The first-order valence-corrected chi connectivity index (χ1v) is 9.83. The lowest BCUT2D eigenvalue weighted by molar-refractivity contribution is -0.133. The third kappa shape index (κ3) is 4.00. The van der Waals surface area contributed by atoms with Crippen LogP contribution in [-0.4, -0.2) is 35.4 Å². The van der Waals surface area contributed by atoms with E-state index < -0.39 is 0 Å². The molecule has 124 valence electrons. The first-order chi connectivity index (χ1) is 11.1. The maximum Gasteiger partial charge on any atom is 0.231 e. The minimum Gasteiger partial charge on any atom is -0.337 e. The van der Waals surface area contributed by atoms with Crippen LogP contribution in [0.25, 0.3) is 0 Å². The number of thiazole rings is 1. The Hall–Kier alpha value is -1.24. The lowest BCUT2D eigenvalue weighted by Gasteiger charge is -2.27. The van der Waals surface area contributed by atoms with Gasteiger partial charge in [-0.1, -0.05) is 6.07 Å². The average Bonchev–Trinajstić information content (AvgIpc) is 3.28. The van der Waals surface area contributed by atoms with E-state index in [1.54, 1.807) is 22.7 Å². The van der Waals surface area contributed by atoms with Gasteiger partial charge in [0.25, 0.3) is 0 Å². The van der Waals surface area contributed by atoms with E-state index in [0.29, 0.717) is 12.5 Å². The zero-order valence-corrected chi connectivity index (χ0v) is 15.3. The highest BCUT2D eigenvalue weighted by Crippen LogP contribution is 2.26. The molecule has 1 amide bonds. The molecule has 6 heteroatoms. The summed E-state index contributed by atoms with van der Waals surface area (Å²) in [5.41, 5.74) is 2.91. The second kappa shape index (κ2) is 7.55. The largest absolute Gasteiger partial charge is 0.337 e. The Morgan fingerprint density at radius 2 is 2.39 bits per heavy atom. The van der Waals surface area contributed by atoms with E-state index in [1.807, 2.05) is 35.7 Å². The molecule has 1 aliphatic rings. The highest BCUT2D eigenvalue weighted by atomic mass is 32.1. The summed E-state index contributed by atoms with van der Waals surface area (Å²) in [6.45, 7) is 7.63. The van der Waals surface area contributed by atoms with Gasteiger partial charge in [0.05, 0.1) is 23.7 Å². The Morgan fingerprint density at radius 3 is 3.00 bits per heavy atom. The van der Waals surface area contributed by atoms with Crippen molar-refractivity contribution in [2.75, 3.05) is 19.6 Å². The number of aryl methyl sites for hydroxylation is 1. The second-order valence-corrected chi connectivity index (χ2v) is 8.09. The van der Waals surface area contributed by atoms with Crippen LogP contribution in [0.15, 0.2) is 23.0 Å². The van der Waals surface area contributed by atoms with Crippen molar-refractivity contribution in [3.63, 3.8) is 0 Å². The van der Waals surface area contributed by atoms with E-state index in [0.717, 1.165) is 36.6 Å². The summed E-state index contributed by atoms with van der Waals surface area (Å²) in [4.78, 5) is 21.8. The van der Waals surface area contributed by atoms with Gasteiger partial charge < -0.3 is 10.2 Å². The van der Waals surface area contributed by atoms with Crippen LogP contribution in [0.2, 0.25) is 0 Å². The van der Waals surface area contributed by atoms with Gasteiger partial charge in [-0.2, -0.15) is 0 Å². The molecule has 0 spiro atoms. The number of nitrogens with one attached hydrogen (secondary N) is 1. The third-order valence-electron chi connectivity index (χ3n) is 4.47. The van der Waals surface area contributed by atoms with E-state index in [1.165, 1.54) is 4.88 Å². The van der Waals surface area contributed by atoms with Crippen molar-refractivity contribution < 1.29 is 4.79 Å². The number of amides is 1. The Labute approximate surface area is 145 Å². The number of carbonyl (C=O) groups excluding carboxylic acids is 1. The van der Waals surface area contributed by atoms with E-state index >= 15 is 0 Å². The zero-order valence-electron chi connectivity index (χ0n) is 13.6. The maximum atomic E-state index is 13.1. The molecule has 1 saturated heterocycles. The van der Waals surface area contributed by atoms with Crippen LogP contribution in [0.4, 0.5) is 0 Å². The van der Waals surface area contributed by atoms with Gasteiger partial charge in [0.1, 0.15) is 0 Å². The van der Waals surface area contributed by atoms with E-state index in [2.05, 4.69) is 16.4 Å². The van der Waals surface area contributed by atoms with Crippen LogP contribution in [0.5, 0.6) is 0 Å². The molecule has 0 aromatic carbocycles. The van der Waals surface area contributed by atoms with Gasteiger partial charge in [0.15, 0.2) is 0 Å². The quantitative estimate of drug-likeness (QED) is 0.871. The van der Waals surface area contributed by atoms with E-state index in [4.69, 9.17) is 0 Å².